The Morgan fingerprint density at radius 3 is 2.57 bits per heavy atom. The van der Waals surface area contributed by atoms with Crippen LogP contribution in [0.4, 0.5) is 10.1 Å². The Morgan fingerprint density at radius 1 is 1.17 bits per heavy atom. The molecule has 0 bridgehead atoms. The Morgan fingerprint density at radius 2 is 1.87 bits per heavy atom. The summed E-state index contributed by atoms with van der Waals surface area (Å²) in [5.41, 5.74) is 1.07. The Bertz CT molecular complexity index is 918. The quantitative estimate of drug-likeness (QED) is 0.712. The minimum atomic E-state index is -0.534. The first-order chi connectivity index (χ1) is 14.4. The summed E-state index contributed by atoms with van der Waals surface area (Å²) in [4.78, 5) is 26.5. The topological polar surface area (TPSA) is 67.9 Å². The molecule has 30 heavy (non-hydrogen) atoms. The van der Waals surface area contributed by atoms with Crippen molar-refractivity contribution in [2.75, 3.05) is 24.7 Å². The fourth-order valence-corrected chi connectivity index (χ4v) is 3.54. The van der Waals surface area contributed by atoms with Gasteiger partial charge in [0, 0.05) is 13.0 Å². The third kappa shape index (κ3) is 4.72. The zero-order chi connectivity index (χ0) is 21.7. The number of hydrogen-bond acceptors (Lipinski definition) is 4. The van der Waals surface area contributed by atoms with Crippen LogP contribution in [0.5, 0.6) is 11.5 Å². The fraction of sp³-hybridized carbons (Fsp3) is 0.391. The molecule has 2 aromatic carbocycles. The van der Waals surface area contributed by atoms with E-state index in [-0.39, 0.29) is 36.5 Å². The number of carbonyl (C=O) groups excluding carboxylic acids is 2. The SMILES string of the molecule is CCOc1ccc(C(C)NC(=O)C2CC(=O)N(c3ccccc3F)C2)cc1OCC. The van der Waals surface area contributed by atoms with Gasteiger partial charge >= 0.3 is 0 Å². The van der Waals surface area contributed by atoms with Gasteiger partial charge in [0.2, 0.25) is 11.8 Å². The van der Waals surface area contributed by atoms with Crippen molar-refractivity contribution in [3.05, 3.63) is 53.8 Å². The first kappa shape index (κ1) is 21.6. The summed E-state index contributed by atoms with van der Waals surface area (Å²) in [6, 6.07) is 11.4. The molecule has 0 radical (unpaired) electrons. The van der Waals surface area contributed by atoms with E-state index in [0.29, 0.717) is 24.7 Å². The molecule has 2 aromatic rings. The summed E-state index contributed by atoms with van der Waals surface area (Å²) in [6.07, 6.45) is 0.0559. The molecule has 0 spiro atoms. The Balaban J connectivity index is 1.68. The summed E-state index contributed by atoms with van der Waals surface area (Å²) in [5, 5.41) is 2.96. The van der Waals surface area contributed by atoms with Gasteiger partial charge in [-0.1, -0.05) is 18.2 Å². The van der Waals surface area contributed by atoms with Crippen molar-refractivity contribution < 1.29 is 23.5 Å². The number of ether oxygens (including phenoxy) is 2. The maximum absolute atomic E-state index is 14.0. The van der Waals surface area contributed by atoms with Crippen molar-refractivity contribution in [2.24, 2.45) is 5.92 Å². The van der Waals surface area contributed by atoms with E-state index in [4.69, 9.17) is 9.47 Å². The Labute approximate surface area is 176 Å². The van der Waals surface area contributed by atoms with Gasteiger partial charge in [-0.05, 0) is 50.6 Å². The van der Waals surface area contributed by atoms with Gasteiger partial charge in [0.05, 0.1) is 30.9 Å². The zero-order valence-electron chi connectivity index (χ0n) is 17.5. The lowest BCUT2D eigenvalue weighted by Crippen LogP contribution is -2.34. The van der Waals surface area contributed by atoms with Gasteiger partial charge < -0.3 is 19.7 Å². The first-order valence-corrected chi connectivity index (χ1v) is 10.2. The van der Waals surface area contributed by atoms with Gasteiger partial charge in [-0.25, -0.2) is 4.39 Å². The normalized spacial score (nSPS) is 17.0. The number of benzene rings is 2. The molecule has 1 aliphatic rings. The van der Waals surface area contributed by atoms with E-state index in [1.807, 2.05) is 39.0 Å². The van der Waals surface area contributed by atoms with Crippen LogP contribution in [-0.4, -0.2) is 31.6 Å². The van der Waals surface area contributed by atoms with Gasteiger partial charge in [0.15, 0.2) is 11.5 Å². The molecule has 7 heteroatoms. The van der Waals surface area contributed by atoms with Crippen LogP contribution in [0.3, 0.4) is 0 Å². The number of nitrogens with zero attached hydrogens (tertiary/aromatic N) is 1. The summed E-state index contributed by atoms with van der Waals surface area (Å²) in [7, 11) is 0. The molecule has 1 aliphatic heterocycles. The van der Waals surface area contributed by atoms with Crippen LogP contribution >= 0.6 is 0 Å². The molecule has 2 unspecified atom stereocenters. The van der Waals surface area contributed by atoms with E-state index in [2.05, 4.69) is 5.32 Å². The minimum Gasteiger partial charge on any atom is -0.490 e. The molecular weight excluding hydrogens is 387 g/mol. The van der Waals surface area contributed by atoms with Crippen LogP contribution in [0.1, 0.15) is 38.8 Å². The maximum Gasteiger partial charge on any atom is 0.227 e. The summed E-state index contributed by atoms with van der Waals surface area (Å²) >= 11 is 0. The van der Waals surface area contributed by atoms with Crippen molar-refractivity contribution in [2.45, 2.75) is 33.2 Å². The molecule has 0 aliphatic carbocycles. The Kier molecular flexibility index (Phi) is 6.92. The third-order valence-electron chi connectivity index (χ3n) is 5.07. The maximum atomic E-state index is 14.0. The van der Waals surface area contributed by atoms with E-state index in [9.17, 15) is 14.0 Å². The smallest absolute Gasteiger partial charge is 0.227 e. The van der Waals surface area contributed by atoms with E-state index in [1.165, 1.54) is 11.0 Å². The highest BCUT2D eigenvalue weighted by molar-refractivity contribution is 6.00. The van der Waals surface area contributed by atoms with Gasteiger partial charge in [0.25, 0.3) is 0 Å². The Hall–Kier alpha value is -3.09. The van der Waals surface area contributed by atoms with E-state index < -0.39 is 11.7 Å². The van der Waals surface area contributed by atoms with Crippen molar-refractivity contribution in [1.29, 1.82) is 0 Å². The van der Waals surface area contributed by atoms with E-state index >= 15 is 0 Å². The average Bonchev–Trinajstić information content (AvgIpc) is 3.11. The molecule has 1 fully saturated rings. The molecule has 0 saturated carbocycles. The molecular formula is C23H27FN2O4. The summed E-state index contributed by atoms with van der Waals surface area (Å²) < 4.78 is 25.3. The summed E-state index contributed by atoms with van der Waals surface area (Å²) in [6.45, 7) is 6.85. The lowest BCUT2D eigenvalue weighted by molar-refractivity contribution is -0.126. The number of para-hydroxylation sites is 1. The number of anilines is 1. The summed E-state index contributed by atoms with van der Waals surface area (Å²) in [5.74, 6) is -0.218. The van der Waals surface area contributed by atoms with Crippen LogP contribution in [0.15, 0.2) is 42.5 Å². The molecule has 1 N–H and O–H groups in total. The molecule has 2 atom stereocenters. The van der Waals surface area contributed by atoms with Crippen molar-refractivity contribution in [3.8, 4) is 11.5 Å². The number of amides is 2. The molecule has 2 amide bonds. The van der Waals surface area contributed by atoms with Crippen LogP contribution in [0.2, 0.25) is 0 Å². The van der Waals surface area contributed by atoms with E-state index in [0.717, 1.165) is 5.56 Å². The number of carbonyl (C=O) groups is 2. The van der Waals surface area contributed by atoms with Crippen LogP contribution in [0.25, 0.3) is 0 Å². The number of nitrogens with one attached hydrogen (secondary N) is 1. The lowest BCUT2D eigenvalue weighted by atomic mass is 10.0. The van der Waals surface area contributed by atoms with Crippen molar-refractivity contribution in [1.82, 2.24) is 5.32 Å². The molecule has 0 aromatic heterocycles. The number of halogens is 1. The largest absolute Gasteiger partial charge is 0.490 e. The minimum absolute atomic E-state index is 0.0559. The molecule has 3 rings (SSSR count). The van der Waals surface area contributed by atoms with Crippen LogP contribution in [0, 0.1) is 11.7 Å². The van der Waals surface area contributed by atoms with Gasteiger partial charge in [-0.2, -0.15) is 0 Å². The molecule has 1 heterocycles. The predicted molar refractivity (Wildman–Crippen MR) is 112 cm³/mol. The second kappa shape index (κ2) is 9.61. The third-order valence-corrected chi connectivity index (χ3v) is 5.07. The number of hydrogen-bond donors (Lipinski definition) is 1. The van der Waals surface area contributed by atoms with Gasteiger partial charge in [-0.3, -0.25) is 9.59 Å². The molecule has 6 nitrogen and oxygen atoms in total. The fourth-order valence-electron chi connectivity index (χ4n) is 3.54. The van der Waals surface area contributed by atoms with Gasteiger partial charge in [0.1, 0.15) is 5.82 Å². The highest BCUT2D eigenvalue weighted by Gasteiger charge is 2.36. The second-order valence-electron chi connectivity index (χ2n) is 7.16. The molecule has 160 valence electrons. The monoisotopic (exact) mass is 414 g/mol. The first-order valence-electron chi connectivity index (χ1n) is 10.2. The van der Waals surface area contributed by atoms with E-state index in [1.54, 1.807) is 18.2 Å². The lowest BCUT2D eigenvalue weighted by Gasteiger charge is -2.20. The predicted octanol–water partition coefficient (Wildman–Crippen LogP) is 3.85. The zero-order valence-corrected chi connectivity index (χ0v) is 17.5. The average molecular weight is 414 g/mol. The molecule has 1 saturated heterocycles. The van der Waals surface area contributed by atoms with Crippen molar-refractivity contribution in [3.63, 3.8) is 0 Å². The van der Waals surface area contributed by atoms with Crippen molar-refractivity contribution >= 4 is 17.5 Å². The van der Waals surface area contributed by atoms with Gasteiger partial charge in [-0.15, -0.1) is 0 Å². The standard InChI is InChI=1S/C23H27FN2O4/c1-4-29-20-11-10-16(12-21(20)30-5-2)15(3)25-23(28)17-13-22(27)26(14-17)19-9-7-6-8-18(19)24/h6-12,15,17H,4-5,13-14H2,1-3H3,(H,25,28). The highest BCUT2D eigenvalue weighted by Crippen LogP contribution is 2.31. The second-order valence-corrected chi connectivity index (χ2v) is 7.16. The highest BCUT2D eigenvalue weighted by atomic mass is 19.1. The number of rotatable bonds is 8. The van der Waals surface area contributed by atoms with Crippen LogP contribution in [-0.2, 0) is 9.59 Å². The van der Waals surface area contributed by atoms with Crippen LogP contribution < -0.4 is 19.7 Å².